The lowest BCUT2D eigenvalue weighted by atomic mass is 10.5. The standard InChI is InChI=1S/C8H18O4Si/c1-7(2)13(9,10)4-3-11-5-8-6-12-8/h7-10H,3-6H2,1-2H3. The molecule has 0 radical (unpaired) electrons. The third-order valence-electron chi connectivity index (χ3n) is 2.25. The van der Waals surface area contributed by atoms with Gasteiger partial charge in [-0.15, -0.1) is 0 Å². The molecule has 1 fully saturated rings. The highest BCUT2D eigenvalue weighted by Crippen LogP contribution is 2.19. The third-order valence-corrected chi connectivity index (χ3v) is 5.03. The second-order valence-electron chi connectivity index (χ2n) is 3.81. The highest BCUT2D eigenvalue weighted by atomic mass is 28.4. The van der Waals surface area contributed by atoms with Crippen LogP contribution in [-0.4, -0.2) is 44.1 Å². The van der Waals surface area contributed by atoms with Crippen molar-refractivity contribution in [3.63, 3.8) is 0 Å². The van der Waals surface area contributed by atoms with E-state index in [1.165, 1.54) is 0 Å². The molecule has 1 atom stereocenters. The van der Waals surface area contributed by atoms with Crippen molar-refractivity contribution in [3.05, 3.63) is 0 Å². The molecule has 0 aliphatic carbocycles. The number of hydrogen-bond donors (Lipinski definition) is 2. The van der Waals surface area contributed by atoms with Gasteiger partial charge in [-0.1, -0.05) is 13.8 Å². The van der Waals surface area contributed by atoms with Crippen LogP contribution in [0.2, 0.25) is 11.6 Å². The first-order valence-corrected chi connectivity index (χ1v) is 6.84. The Morgan fingerprint density at radius 3 is 2.62 bits per heavy atom. The first-order chi connectivity index (χ1) is 6.02. The zero-order valence-corrected chi connectivity index (χ0v) is 9.19. The van der Waals surface area contributed by atoms with Gasteiger partial charge in [0.1, 0.15) is 6.10 Å². The predicted octanol–water partition coefficient (Wildman–Crippen LogP) is 0.239. The van der Waals surface area contributed by atoms with Crippen LogP contribution in [0.4, 0.5) is 0 Å². The first kappa shape index (κ1) is 11.1. The lowest BCUT2D eigenvalue weighted by molar-refractivity contribution is 0.122. The summed E-state index contributed by atoms with van der Waals surface area (Å²) in [5.74, 6) is 0. The molecule has 0 amide bonds. The summed E-state index contributed by atoms with van der Waals surface area (Å²) in [5, 5.41) is 0. The maximum absolute atomic E-state index is 9.56. The van der Waals surface area contributed by atoms with E-state index in [1.807, 2.05) is 13.8 Å². The van der Waals surface area contributed by atoms with Crippen molar-refractivity contribution >= 4 is 8.56 Å². The molecule has 0 bridgehead atoms. The summed E-state index contributed by atoms with van der Waals surface area (Å²) in [4.78, 5) is 19.1. The van der Waals surface area contributed by atoms with Crippen molar-refractivity contribution in [1.29, 1.82) is 0 Å². The van der Waals surface area contributed by atoms with Crippen LogP contribution in [0.25, 0.3) is 0 Å². The van der Waals surface area contributed by atoms with Crippen LogP contribution in [0, 0.1) is 0 Å². The summed E-state index contributed by atoms with van der Waals surface area (Å²) in [6.45, 7) is 5.46. The second-order valence-corrected chi connectivity index (χ2v) is 7.23. The molecule has 13 heavy (non-hydrogen) atoms. The Hall–Kier alpha value is 0.0569. The lowest BCUT2D eigenvalue weighted by Gasteiger charge is -2.21. The second kappa shape index (κ2) is 4.52. The van der Waals surface area contributed by atoms with E-state index in [0.717, 1.165) is 6.61 Å². The fourth-order valence-corrected chi connectivity index (χ4v) is 1.91. The van der Waals surface area contributed by atoms with Crippen LogP contribution in [0.5, 0.6) is 0 Å². The zero-order chi connectivity index (χ0) is 9.90. The van der Waals surface area contributed by atoms with Crippen LogP contribution in [0.1, 0.15) is 13.8 Å². The van der Waals surface area contributed by atoms with E-state index >= 15 is 0 Å². The minimum atomic E-state index is -3.00. The monoisotopic (exact) mass is 206 g/mol. The van der Waals surface area contributed by atoms with Gasteiger partial charge in [0.2, 0.25) is 0 Å². The van der Waals surface area contributed by atoms with Gasteiger partial charge >= 0.3 is 8.56 Å². The van der Waals surface area contributed by atoms with E-state index in [1.54, 1.807) is 0 Å². The lowest BCUT2D eigenvalue weighted by Crippen LogP contribution is -2.39. The molecule has 1 aliphatic rings. The average molecular weight is 206 g/mol. The van der Waals surface area contributed by atoms with Crippen LogP contribution in [0.3, 0.4) is 0 Å². The topological polar surface area (TPSA) is 62.2 Å². The average Bonchev–Trinajstić information content (AvgIpc) is 2.81. The molecule has 2 N–H and O–H groups in total. The van der Waals surface area contributed by atoms with Crippen molar-refractivity contribution in [2.45, 2.75) is 31.5 Å². The molecule has 0 aromatic heterocycles. The van der Waals surface area contributed by atoms with Gasteiger partial charge in [0.25, 0.3) is 0 Å². The zero-order valence-electron chi connectivity index (χ0n) is 8.19. The Bertz CT molecular complexity index is 156. The molecule has 0 saturated carbocycles. The van der Waals surface area contributed by atoms with Crippen LogP contribution in [-0.2, 0) is 9.47 Å². The molecule has 0 aromatic rings. The summed E-state index contributed by atoms with van der Waals surface area (Å²) in [6, 6.07) is 0.386. The van der Waals surface area contributed by atoms with Crippen molar-refractivity contribution in [3.8, 4) is 0 Å². The maximum Gasteiger partial charge on any atom is 0.337 e. The predicted molar refractivity (Wildman–Crippen MR) is 50.7 cm³/mol. The summed E-state index contributed by atoms with van der Waals surface area (Å²) < 4.78 is 10.2. The summed E-state index contributed by atoms with van der Waals surface area (Å²) in [6.07, 6.45) is 0.257. The molecule has 78 valence electrons. The van der Waals surface area contributed by atoms with E-state index in [9.17, 15) is 9.59 Å². The maximum atomic E-state index is 9.56. The van der Waals surface area contributed by atoms with Crippen molar-refractivity contribution < 1.29 is 19.1 Å². The van der Waals surface area contributed by atoms with Gasteiger partial charge in [-0.3, -0.25) is 0 Å². The Labute approximate surface area is 79.7 Å². The minimum Gasteiger partial charge on any atom is -0.410 e. The molecule has 1 rings (SSSR count). The number of rotatable bonds is 6. The highest BCUT2D eigenvalue weighted by Gasteiger charge is 2.33. The molecular formula is C8H18O4Si. The summed E-state index contributed by atoms with van der Waals surface area (Å²) in [5.41, 5.74) is -0.0340. The molecule has 0 aromatic carbocycles. The number of epoxide rings is 1. The van der Waals surface area contributed by atoms with E-state index in [2.05, 4.69) is 0 Å². The van der Waals surface area contributed by atoms with Crippen molar-refractivity contribution in [2.24, 2.45) is 0 Å². The largest absolute Gasteiger partial charge is 0.410 e. The molecule has 4 nitrogen and oxygen atoms in total. The first-order valence-electron chi connectivity index (χ1n) is 4.66. The van der Waals surface area contributed by atoms with Gasteiger partial charge in [0.15, 0.2) is 0 Å². The van der Waals surface area contributed by atoms with E-state index < -0.39 is 8.56 Å². The van der Waals surface area contributed by atoms with Crippen LogP contribution >= 0.6 is 0 Å². The summed E-state index contributed by atoms with van der Waals surface area (Å²) >= 11 is 0. The molecule has 1 heterocycles. The van der Waals surface area contributed by atoms with Crippen molar-refractivity contribution in [1.82, 2.24) is 0 Å². The van der Waals surface area contributed by atoms with E-state index in [4.69, 9.17) is 9.47 Å². The molecule has 0 spiro atoms. The Kier molecular flexibility index (Phi) is 3.87. The molecular weight excluding hydrogens is 188 g/mol. The van der Waals surface area contributed by atoms with Crippen LogP contribution < -0.4 is 0 Å². The van der Waals surface area contributed by atoms with Gasteiger partial charge in [0.05, 0.1) is 13.2 Å². The summed E-state index contributed by atoms with van der Waals surface area (Å²) in [7, 11) is -3.00. The van der Waals surface area contributed by atoms with E-state index in [0.29, 0.717) is 19.3 Å². The third kappa shape index (κ3) is 4.19. The Morgan fingerprint density at radius 1 is 1.54 bits per heavy atom. The number of ether oxygens (including phenoxy) is 2. The van der Waals surface area contributed by atoms with Gasteiger partial charge < -0.3 is 19.1 Å². The van der Waals surface area contributed by atoms with Crippen molar-refractivity contribution in [2.75, 3.05) is 19.8 Å². The highest BCUT2D eigenvalue weighted by molar-refractivity contribution is 6.66. The Morgan fingerprint density at radius 2 is 2.15 bits per heavy atom. The normalized spacial score (nSPS) is 22.4. The fraction of sp³-hybridized carbons (Fsp3) is 1.00. The minimum absolute atomic E-state index is 0.0340. The van der Waals surface area contributed by atoms with E-state index in [-0.39, 0.29) is 11.6 Å². The molecule has 5 heteroatoms. The fourth-order valence-electron chi connectivity index (χ4n) is 0.890. The van der Waals surface area contributed by atoms with Gasteiger partial charge in [-0.25, -0.2) is 0 Å². The Balaban J connectivity index is 2.02. The number of hydrogen-bond acceptors (Lipinski definition) is 4. The molecule has 1 aliphatic heterocycles. The van der Waals surface area contributed by atoms with Crippen LogP contribution in [0.15, 0.2) is 0 Å². The van der Waals surface area contributed by atoms with Gasteiger partial charge in [-0.05, 0) is 5.54 Å². The van der Waals surface area contributed by atoms with Gasteiger partial charge in [0, 0.05) is 12.7 Å². The molecule has 1 saturated heterocycles. The smallest absolute Gasteiger partial charge is 0.337 e. The SMILES string of the molecule is CC(C)[Si](O)(O)CCOCC1CO1. The quantitative estimate of drug-likeness (QED) is 0.371. The van der Waals surface area contributed by atoms with Gasteiger partial charge in [-0.2, -0.15) is 0 Å². The molecule has 1 unspecified atom stereocenters.